The van der Waals surface area contributed by atoms with Crippen LogP contribution in [-0.4, -0.2) is 34.6 Å². The first-order valence-electron chi connectivity index (χ1n) is 7.68. The summed E-state index contributed by atoms with van der Waals surface area (Å²) in [6.07, 6.45) is 0. The lowest BCUT2D eigenvalue weighted by molar-refractivity contribution is -0.117. The van der Waals surface area contributed by atoms with Crippen LogP contribution in [0.15, 0.2) is 41.3 Å². The second kappa shape index (κ2) is 8.79. The quantitative estimate of drug-likeness (QED) is 0.699. The average molecular weight is 433 g/mol. The van der Waals surface area contributed by atoms with Crippen molar-refractivity contribution in [3.8, 4) is 11.5 Å². The zero-order valence-electron chi connectivity index (χ0n) is 14.7. The van der Waals surface area contributed by atoms with E-state index in [2.05, 4.69) is 10.0 Å². The van der Waals surface area contributed by atoms with Gasteiger partial charge >= 0.3 is 0 Å². The van der Waals surface area contributed by atoms with E-state index >= 15 is 0 Å². The minimum absolute atomic E-state index is 0.107. The van der Waals surface area contributed by atoms with Crippen molar-refractivity contribution in [2.45, 2.75) is 17.9 Å². The molecule has 27 heavy (non-hydrogen) atoms. The third kappa shape index (κ3) is 5.26. The SMILES string of the molecule is COc1ccc(Cl)cc1NC(=O)[C@@H](C)NS(=O)(=O)c1cc(Cl)ccc1OC. The van der Waals surface area contributed by atoms with Gasteiger partial charge in [-0.1, -0.05) is 23.2 Å². The maximum absolute atomic E-state index is 12.6. The molecule has 146 valence electrons. The van der Waals surface area contributed by atoms with Gasteiger partial charge in [-0.2, -0.15) is 4.72 Å². The van der Waals surface area contributed by atoms with Crippen molar-refractivity contribution < 1.29 is 22.7 Å². The number of hydrogen-bond donors (Lipinski definition) is 2. The zero-order valence-corrected chi connectivity index (χ0v) is 17.1. The normalized spacial score (nSPS) is 12.3. The number of carbonyl (C=O) groups is 1. The maximum Gasteiger partial charge on any atom is 0.245 e. The number of carbonyl (C=O) groups excluding carboxylic acids is 1. The van der Waals surface area contributed by atoms with Gasteiger partial charge in [0.2, 0.25) is 15.9 Å². The molecule has 1 atom stereocenters. The van der Waals surface area contributed by atoms with Crippen LogP contribution in [0, 0.1) is 0 Å². The summed E-state index contributed by atoms with van der Waals surface area (Å²) in [5, 5.41) is 3.19. The van der Waals surface area contributed by atoms with Crippen LogP contribution >= 0.6 is 23.2 Å². The Labute approximate surface area is 167 Å². The Kier molecular flexibility index (Phi) is 6.94. The van der Waals surface area contributed by atoms with E-state index in [1.165, 1.54) is 45.4 Å². The third-order valence-corrected chi connectivity index (χ3v) is 5.59. The van der Waals surface area contributed by atoms with E-state index in [-0.39, 0.29) is 15.7 Å². The lowest BCUT2D eigenvalue weighted by Gasteiger charge is -2.17. The first kappa shape index (κ1) is 21.3. The molecule has 2 rings (SSSR count). The summed E-state index contributed by atoms with van der Waals surface area (Å²) < 4.78 is 37.8. The molecule has 0 saturated carbocycles. The van der Waals surface area contributed by atoms with Crippen molar-refractivity contribution in [1.82, 2.24) is 4.72 Å². The molecule has 0 radical (unpaired) electrons. The molecule has 2 aromatic carbocycles. The van der Waals surface area contributed by atoms with Gasteiger partial charge in [0.25, 0.3) is 0 Å². The summed E-state index contributed by atoms with van der Waals surface area (Å²) in [6, 6.07) is 7.77. The van der Waals surface area contributed by atoms with Crippen LogP contribution in [0.25, 0.3) is 0 Å². The van der Waals surface area contributed by atoms with Crippen molar-refractivity contribution in [2.24, 2.45) is 0 Å². The second-order valence-corrected chi connectivity index (χ2v) is 8.03. The van der Waals surface area contributed by atoms with Gasteiger partial charge in [0.05, 0.1) is 25.9 Å². The molecule has 1 amide bonds. The topological polar surface area (TPSA) is 93.7 Å². The van der Waals surface area contributed by atoms with Crippen LogP contribution in [0.1, 0.15) is 6.92 Å². The molecular formula is C17H18Cl2N2O5S. The van der Waals surface area contributed by atoms with Crippen LogP contribution in [0.3, 0.4) is 0 Å². The fourth-order valence-electron chi connectivity index (χ4n) is 2.23. The van der Waals surface area contributed by atoms with Crippen LogP contribution < -0.4 is 19.5 Å². The summed E-state index contributed by atoms with van der Waals surface area (Å²) in [7, 11) is -1.29. The molecule has 0 heterocycles. The smallest absolute Gasteiger partial charge is 0.245 e. The molecule has 2 aromatic rings. The largest absolute Gasteiger partial charge is 0.495 e. The van der Waals surface area contributed by atoms with Gasteiger partial charge in [-0.05, 0) is 43.3 Å². The van der Waals surface area contributed by atoms with Gasteiger partial charge in [0.15, 0.2) is 0 Å². The van der Waals surface area contributed by atoms with Gasteiger partial charge < -0.3 is 14.8 Å². The average Bonchev–Trinajstić information content (AvgIpc) is 2.61. The molecule has 0 fully saturated rings. The van der Waals surface area contributed by atoms with Gasteiger partial charge in [0, 0.05) is 10.0 Å². The molecule has 0 spiro atoms. The fourth-order valence-corrected chi connectivity index (χ4v) is 4.04. The van der Waals surface area contributed by atoms with Crippen molar-refractivity contribution in [3.63, 3.8) is 0 Å². The van der Waals surface area contributed by atoms with E-state index in [9.17, 15) is 13.2 Å². The van der Waals surface area contributed by atoms with Crippen molar-refractivity contribution in [2.75, 3.05) is 19.5 Å². The van der Waals surface area contributed by atoms with Crippen molar-refractivity contribution in [3.05, 3.63) is 46.4 Å². The van der Waals surface area contributed by atoms with E-state index in [1.54, 1.807) is 12.1 Å². The number of nitrogens with one attached hydrogen (secondary N) is 2. The summed E-state index contributed by atoms with van der Waals surface area (Å²) in [4.78, 5) is 12.3. The molecular weight excluding hydrogens is 415 g/mol. The Balaban J connectivity index is 2.21. The second-order valence-electron chi connectivity index (χ2n) is 5.47. The lowest BCUT2D eigenvalue weighted by atomic mass is 10.2. The number of anilines is 1. The van der Waals surface area contributed by atoms with Gasteiger partial charge in [-0.15, -0.1) is 0 Å². The molecule has 0 unspecified atom stereocenters. The Hall–Kier alpha value is -2.00. The highest BCUT2D eigenvalue weighted by Gasteiger charge is 2.26. The summed E-state index contributed by atoms with van der Waals surface area (Å²) in [5.74, 6) is -0.101. The van der Waals surface area contributed by atoms with Gasteiger partial charge in [-0.25, -0.2) is 8.42 Å². The van der Waals surface area contributed by atoms with E-state index in [0.717, 1.165) is 0 Å². The molecule has 0 aromatic heterocycles. The number of sulfonamides is 1. The third-order valence-electron chi connectivity index (χ3n) is 3.56. The monoisotopic (exact) mass is 432 g/mol. The highest BCUT2D eigenvalue weighted by Crippen LogP contribution is 2.29. The predicted molar refractivity (Wildman–Crippen MR) is 104 cm³/mol. The lowest BCUT2D eigenvalue weighted by Crippen LogP contribution is -2.41. The van der Waals surface area contributed by atoms with Gasteiger partial charge in [-0.3, -0.25) is 4.79 Å². The predicted octanol–water partition coefficient (Wildman–Crippen LogP) is 3.32. The van der Waals surface area contributed by atoms with Crippen LogP contribution in [0.2, 0.25) is 10.0 Å². The Morgan fingerprint density at radius 1 is 1.00 bits per heavy atom. The van der Waals surface area contributed by atoms with Crippen LogP contribution in [-0.2, 0) is 14.8 Å². The molecule has 0 aliphatic heterocycles. The van der Waals surface area contributed by atoms with Crippen molar-refractivity contribution >= 4 is 44.8 Å². The summed E-state index contributed by atoms with van der Waals surface area (Å²) in [6.45, 7) is 1.40. The number of methoxy groups -OCH3 is 2. The van der Waals surface area contributed by atoms with E-state index in [4.69, 9.17) is 32.7 Å². The van der Waals surface area contributed by atoms with Crippen LogP contribution in [0.4, 0.5) is 5.69 Å². The molecule has 10 heteroatoms. The highest BCUT2D eigenvalue weighted by molar-refractivity contribution is 7.89. The standard InChI is InChI=1S/C17H18Cl2N2O5S/c1-10(17(22)20-13-8-11(18)4-6-14(13)25-2)21-27(23,24)16-9-12(19)5-7-15(16)26-3/h4-10,21H,1-3H3,(H,20,22)/t10-/m1/s1. The Morgan fingerprint density at radius 3 is 2.15 bits per heavy atom. The molecule has 0 aliphatic carbocycles. The Bertz CT molecular complexity index is 950. The van der Waals surface area contributed by atoms with Gasteiger partial charge in [0.1, 0.15) is 16.4 Å². The minimum Gasteiger partial charge on any atom is -0.495 e. The number of rotatable bonds is 7. The zero-order chi connectivity index (χ0) is 20.2. The van der Waals surface area contributed by atoms with E-state index < -0.39 is 22.0 Å². The molecule has 2 N–H and O–H groups in total. The Morgan fingerprint density at radius 2 is 1.56 bits per heavy atom. The number of ether oxygens (including phenoxy) is 2. The number of hydrogen-bond acceptors (Lipinski definition) is 5. The number of halogens is 2. The highest BCUT2D eigenvalue weighted by atomic mass is 35.5. The summed E-state index contributed by atoms with van der Waals surface area (Å²) in [5.41, 5.74) is 0.321. The van der Waals surface area contributed by atoms with Crippen LogP contribution in [0.5, 0.6) is 11.5 Å². The molecule has 7 nitrogen and oxygen atoms in total. The molecule has 0 aliphatic rings. The molecule has 0 bridgehead atoms. The van der Waals surface area contributed by atoms with E-state index in [1.807, 2.05) is 0 Å². The summed E-state index contributed by atoms with van der Waals surface area (Å²) >= 11 is 11.8. The van der Waals surface area contributed by atoms with E-state index in [0.29, 0.717) is 16.5 Å². The first-order valence-corrected chi connectivity index (χ1v) is 9.92. The van der Waals surface area contributed by atoms with Crippen molar-refractivity contribution in [1.29, 1.82) is 0 Å². The fraction of sp³-hybridized carbons (Fsp3) is 0.235. The first-order chi connectivity index (χ1) is 12.7. The minimum atomic E-state index is -4.06. The number of amides is 1. The maximum atomic E-state index is 12.6. The number of benzene rings is 2. The molecule has 0 saturated heterocycles.